The van der Waals surface area contributed by atoms with Gasteiger partial charge in [-0.3, -0.25) is 0 Å². The lowest BCUT2D eigenvalue weighted by molar-refractivity contribution is 0.508. The third kappa shape index (κ3) is 1.46. The molecule has 0 unspecified atom stereocenters. The molecule has 0 amide bonds. The van der Waals surface area contributed by atoms with Crippen molar-refractivity contribution >= 4 is 11.3 Å². The van der Waals surface area contributed by atoms with Gasteiger partial charge in [-0.05, 0) is 30.9 Å². The van der Waals surface area contributed by atoms with E-state index in [0.717, 1.165) is 31.3 Å². The van der Waals surface area contributed by atoms with Gasteiger partial charge in [0.1, 0.15) is 5.82 Å². The van der Waals surface area contributed by atoms with Crippen molar-refractivity contribution in [2.24, 2.45) is 0 Å². The molecular weight excluding hydrogens is 232 g/mol. The summed E-state index contributed by atoms with van der Waals surface area (Å²) in [5, 5.41) is 12.0. The van der Waals surface area contributed by atoms with Gasteiger partial charge in [0.05, 0.1) is 11.4 Å². The summed E-state index contributed by atoms with van der Waals surface area (Å²) >= 11 is 1.91. The lowest BCUT2D eigenvalue weighted by Gasteiger charge is -2.15. The van der Waals surface area contributed by atoms with Crippen molar-refractivity contribution < 1.29 is 0 Å². The molecule has 0 radical (unpaired) electrons. The first kappa shape index (κ1) is 9.79. The SMILES string of the molecule is c1c(-c2nnc3n2CCNC3)sc2c1CCC2. The molecule has 3 heterocycles. The quantitative estimate of drug-likeness (QED) is 0.831. The minimum absolute atomic E-state index is 0.845. The molecule has 0 spiro atoms. The Bertz CT molecular complexity index is 548. The van der Waals surface area contributed by atoms with Gasteiger partial charge in [0.25, 0.3) is 0 Å². The number of hydrogen-bond acceptors (Lipinski definition) is 4. The molecule has 2 aromatic heterocycles. The number of nitrogens with one attached hydrogen (secondary N) is 1. The lowest BCUT2D eigenvalue weighted by Crippen LogP contribution is -2.28. The van der Waals surface area contributed by atoms with Crippen molar-refractivity contribution in [2.45, 2.75) is 32.4 Å². The third-order valence-electron chi connectivity index (χ3n) is 3.59. The zero-order chi connectivity index (χ0) is 11.2. The molecule has 0 aromatic carbocycles. The average Bonchev–Trinajstić information content (AvgIpc) is 3.01. The molecular formula is C12H14N4S. The molecule has 2 aromatic rings. The van der Waals surface area contributed by atoms with Gasteiger partial charge in [0, 0.05) is 18.0 Å². The highest BCUT2D eigenvalue weighted by molar-refractivity contribution is 7.15. The Hall–Kier alpha value is -1.20. The molecule has 1 aliphatic carbocycles. The molecule has 17 heavy (non-hydrogen) atoms. The maximum atomic E-state index is 4.36. The van der Waals surface area contributed by atoms with E-state index in [9.17, 15) is 0 Å². The number of rotatable bonds is 1. The van der Waals surface area contributed by atoms with Crippen LogP contribution in [0.1, 0.15) is 22.7 Å². The Morgan fingerprint density at radius 2 is 2.29 bits per heavy atom. The second-order valence-corrected chi connectivity index (χ2v) is 5.82. The highest BCUT2D eigenvalue weighted by Gasteiger charge is 2.21. The van der Waals surface area contributed by atoms with Gasteiger partial charge in [-0.2, -0.15) is 0 Å². The van der Waals surface area contributed by atoms with Crippen molar-refractivity contribution in [2.75, 3.05) is 6.54 Å². The van der Waals surface area contributed by atoms with E-state index in [2.05, 4.69) is 26.1 Å². The van der Waals surface area contributed by atoms with Crippen molar-refractivity contribution in [3.05, 3.63) is 22.3 Å². The zero-order valence-electron chi connectivity index (χ0n) is 9.57. The van der Waals surface area contributed by atoms with E-state index in [1.807, 2.05) is 11.3 Å². The van der Waals surface area contributed by atoms with E-state index in [1.165, 1.54) is 29.7 Å². The van der Waals surface area contributed by atoms with Crippen molar-refractivity contribution in [1.82, 2.24) is 20.1 Å². The minimum atomic E-state index is 0.845. The van der Waals surface area contributed by atoms with E-state index in [-0.39, 0.29) is 0 Å². The molecule has 1 N–H and O–H groups in total. The van der Waals surface area contributed by atoms with Crippen LogP contribution < -0.4 is 5.32 Å². The second-order valence-electron chi connectivity index (χ2n) is 4.68. The monoisotopic (exact) mass is 246 g/mol. The summed E-state index contributed by atoms with van der Waals surface area (Å²) in [6, 6.07) is 2.33. The summed E-state index contributed by atoms with van der Waals surface area (Å²) in [5.41, 5.74) is 1.54. The molecule has 0 atom stereocenters. The van der Waals surface area contributed by atoms with E-state index in [1.54, 1.807) is 4.88 Å². The Morgan fingerprint density at radius 1 is 1.29 bits per heavy atom. The highest BCUT2D eigenvalue weighted by Crippen LogP contribution is 2.36. The topological polar surface area (TPSA) is 42.7 Å². The smallest absolute Gasteiger partial charge is 0.174 e. The summed E-state index contributed by atoms with van der Waals surface area (Å²) in [6.07, 6.45) is 3.82. The summed E-state index contributed by atoms with van der Waals surface area (Å²) in [6.45, 7) is 2.85. The molecule has 4 nitrogen and oxygen atoms in total. The fourth-order valence-electron chi connectivity index (χ4n) is 2.71. The Balaban J connectivity index is 1.80. The number of thiophene rings is 1. The van der Waals surface area contributed by atoms with Gasteiger partial charge in [0.15, 0.2) is 5.82 Å². The van der Waals surface area contributed by atoms with Crippen LogP contribution in [-0.2, 0) is 25.9 Å². The van der Waals surface area contributed by atoms with Crippen molar-refractivity contribution in [3.63, 3.8) is 0 Å². The van der Waals surface area contributed by atoms with Crippen LogP contribution in [0, 0.1) is 0 Å². The molecule has 1 aliphatic heterocycles. The third-order valence-corrected chi connectivity index (χ3v) is 4.82. The van der Waals surface area contributed by atoms with Crippen LogP contribution in [-0.4, -0.2) is 21.3 Å². The van der Waals surface area contributed by atoms with Crippen molar-refractivity contribution in [1.29, 1.82) is 0 Å². The van der Waals surface area contributed by atoms with Crippen LogP contribution in [0.3, 0.4) is 0 Å². The molecule has 0 fully saturated rings. The molecule has 0 saturated heterocycles. The Kier molecular flexibility index (Phi) is 2.10. The number of aryl methyl sites for hydroxylation is 2. The summed E-state index contributed by atoms with van der Waals surface area (Å²) in [4.78, 5) is 2.86. The molecule has 4 rings (SSSR count). The fraction of sp³-hybridized carbons (Fsp3) is 0.500. The largest absolute Gasteiger partial charge is 0.308 e. The predicted molar refractivity (Wildman–Crippen MR) is 67.1 cm³/mol. The zero-order valence-corrected chi connectivity index (χ0v) is 10.4. The number of fused-ring (bicyclic) bond motifs is 2. The van der Waals surface area contributed by atoms with Crippen LogP contribution in [0.25, 0.3) is 10.7 Å². The summed E-state index contributed by atoms with van der Waals surface area (Å²) in [5.74, 6) is 2.14. The summed E-state index contributed by atoms with van der Waals surface area (Å²) < 4.78 is 2.26. The molecule has 5 heteroatoms. The number of aromatic nitrogens is 3. The number of nitrogens with zero attached hydrogens (tertiary/aromatic N) is 3. The Morgan fingerprint density at radius 3 is 3.24 bits per heavy atom. The first-order valence-corrected chi connectivity index (χ1v) is 6.98. The Labute approximate surface area is 104 Å². The predicted octanol–water partition coefficient (Wildman–Crippen LogP) is 1.60. The maximum absolute atomic E-state index is 4.36. The first-order valence-electron chi connectivity index (χ1n) is 6.16. The van der Waals surface area contributed by atoms with E-state index in [0.29, 0.717) is 0 Å². The molecule has 2 aliphatic rings. The fourth-order valence-corrected chi connectivity index (χ4v) is 3.96. The summed E-state index contributed by atoms with van der Waals surface area (Å²) in [7, 11) is 0. The normalized spacial score (nSPS) is 18.1. The molecule has 88 valence electrons. The highest BCUT2D eigenvalue weighted by atomic mass is 32.1. The van der Waals surface area contributed by atoms with E-state index >= 15 is 0 Å². The first-order chi connectivity index (χ1) is 8.42. The van der Waals surface area contributed by atoms with Crippen molar-refractivity contribution in [3.8, 4) is 10.7 Å². The van der Waals surface area contributed by atoms with Crippen LogP contribution in [0.15, 0.2) is 6.07 Å². The van der Waals surface area contributed by atoms with Crippen LogP contribution in [0.4, 0.5) is 0 Å². The molecule has 0 bridgehead atoms. The second kappa shape index (κ2) is 3.65. The molecule has 0 saturated carbocycles. The van der Waals surface area contributed by atoms with E-state index < -0.39 is 0 Å². The number of hydrogen-bond donors (Lipinski definition) is 1. The van der Waals surface area contributed by atoms with Gasteiger partial charge >= 0.3 is 0 Å². The lowest BCUT2D eigenvalue weighted by atomic mass is 10.2. The van der Waals surface area contributed by atoms with Crippen LogP contribution >= 0.6 is 11.3 Å². The standard InChI is InChI=1S/C12H14N4S/c1-2-8-6-10(17-9(8)3-1)12-15-14-11-7-13-4-5-16(11)12/h6,13H,1-5,7H2. The van der Waals surface area contributed by atoms with Gasteiger partial charge in [-0.1, -0.05) is 0 Å². The van der Waals surface area contributed by atoms with Gasteiger partial charge in [-0.15, -0.1) is 21.5 Å². The maximum Gasteiger partial charge on any atom is 0.174 e. The van der Waals surface area contributed by atoms with Gasteiger partial charge in [-0.25, -0.2) is 0 Å². The van der Waals surface area contributed by atoms with Crippen LogP contribution in [0.2, 0.25) is 0 Å². The van der Waals surface area contributed by atoms with Crippen LogP contribution in [0.5, 0.6) is 0 Å². The van der Waals surface area contributed by atoms with Gasteiger partial charge < -0.3 is 9.88 Å². The van der Waals surface area contributed by atoms with E-state index in [4.69, 9.17) is 0 Å². The van der Waals surface area contributed by atoms with Gasteiger partial charge in [0.2, 0.25) is 0 Å². The minimum Gasteiger partial charge on any atom is -0.308 e. The average molecular weight is 246 g/mol.